The quantitative estimate of drug-likeness (QED) is 0.940. The highest BCUT2D eigenvalue weighted by molar-refractivity contribution is 7.12. The van der Waals surface area contributed by atoms with Crippen molar-refractivity contribution in [1.82, 2.24) is 15.3 Å². The summed E-state index contributed by atoms with van der Waals surface area (Å²) in [5.74, 6) is 0.370. The fourth-order valence-electron chi connectivity index (χ4n) is 2.83. The van der Waals surface area contributed by atoms with Gasteiger partial charge in [-0.1, -0.05) is 6.92 Å². The molecular formula is C15H19N3OS2. The van der Waals surface area contributed by atoms with Crippen LogP contribution in [0.2, 0.25) is 0 Å². The normalized spacial score (nSPS) is 17.5. The van der Waals surface area contributed by atoms with Crippen molar-refractivity contribution in [3.8, 4) is 0 Å². The first-order valence-corrected chi connectivity index (χ1v) is 9.05. The van der Waals surface area contributed by atoms with Crippen molar-refractivity contribution in [1.29, 1.82) is 0 Å². The van der Waals surface area contributed by atoms with Gasteiger partial charge in [-0.05, 0) is 32.6 Å². The Morgan fingerprint density at radius 2 is 2.38 bits per heavy atom. The molecule has 2 heterocycles. The van der Waals surface area contributed by atoms with E-state index in [0.717, 1.165) is 34.8 Å². The standard InChI is InChI=1S/C15H19N3OS2/c1-3-11-14(20-8-17-11)15(19)16-7-10-5-4-6-12-13(10)18-9(2)21-12/h8,10H,3-7H2,1-2H3,(H,16,19)/t10-/m1/s1. The third kappa shape index (κ3) is 3.01. The van der Waals surface area contributed by atoms with Crippen LogP contribution in [-0.2, 0) is 12.8 Å². The van der Waals surface area contributed by atoms with Crippen LogP contribution in [0, 0.1) is 6.92 Å². The van der Waals surface area contributed by atoms with Gasteiger partial charge >= 0.3 is 0 Å². The van der Waals surface area contributed by atoms with Gasteiger partial charge in [0.05, 0.1) is 21.9 Å². The molecule has 0 bridgehead atoms. The zero-order valence-corrected chi connectivity index (χ0v) is 13.9. The first-order valence-electron chi connectivity index (χ1n) is 7.35. The van der Waals surface area contributed by atoms with Gasteiger partial charge in [0.2, 0.25) is 0 Å². The Hall–Kier alpha value is -1.27. The van der Waals surface area contributed by atoms with Gasteiger partial charge in [0.25, 0.3) is 5.91 Å². The molecule has 1 atom stereocenters. The second kappa shape index (κ2) is 6.23. The molecular weight excluding hydrogens is 302 g/mol. The maximum absolute atomic E-state index is 12.3. The SMILES string of the molecule is CCc1ncsc1C(=O)NC[C@H]1CCCc2sc(C)nc21. The molecule has 1 aliphatic carbocycles. The summed E-state index contributed by atoms with van der Waals surface area (Å²) in [6, 6.07) is 0. The maximum Gasteiger partial charge on any atom is 0.263 e. The molecule has 0 aliphatic heterocycles. The summed E-state index contributed by atoms with van der Waals surface area (Å²) in [6.45, 7) is 4.76. The minimum Gasteiger partial charge on any atom is -0.351 e. The van der Waals surface area contributed by atoms with E-state index in [4.69, 9.17) is 0 Å². The monoisotopic (exact) mass is 321 g/mol. The molecule has 2 aromatic rings. The molecule has 0 saturated heterocycles. The predicted octanol–water partition coefficient (Wildman–Crippen LogP) is 3.32. The van der Waals surface area contributed by atoms with Crippen molar-refractivity contribution in [3.63, 3.8) is 0 Å². The zero-order valence-electron chi connectivity index (χ0n) is 12.3. The summed E-state index contributed by atoms with van der Waals surface area (Å²) < 4.78 is 0. The molecule has 0 fully saturated rings. The highest BCUT2D eigenvalue weighted by Gasteiger charge is 2.25. The molecule has 21 heavy (non-hydrogen) atoms. The first kappa shape index (κ1) is 14.7. The Balaban J connectivity index is 1.67. The Labute approximate surface area is 132 Å². The molecule has 1 amide bonds. The molecule has 0 aromatic carbocycles. The Morgan fingerprint density at radius 3 is 3.19 bits per heavy atom. The van der Waals surface area contributed by atoms with E-state index in [1.165, 1.54) is 28.3 Å². The highest BCUT2D eigenvalue weighted by atomic mass is 32.1. The minimum atomic E-state index is 0.00780. The number of nitrogens with one attached hydrogen (secondary N) is 1. The molecule has 4 nitrogen and oxygen atoms in total. The number of aryl methyl sites for hydroxylation is 3. The first-order chi connectivity index (χ1) is 10.2. The largest absolute Gasteiger partial charge is 0.351 e. The number of aromatic nitrogens is 2. The Kier molecular flexibility index (Phi) is 4.35. The number of rotatable bonds is 4. The fourth-order valence-corrected chi connectivity index (χ4v) is 4.69. The van der Waals surface area contributed by atoms with E-state index < -0.39 is 0 Å². The maximum atomic E-state index is 12.3. The third-order valence-corrected chi connectivity index (χ3v) is 5.78. The summed E-state index contributed by atoms with van der Waals surface area (Å²) in [4.78, 5) is 23.3. The van der Waals surface area contributed by atoms with Crippen LogP contribution in [-0.4, -0.2) is 22.4 Å². The lowest BCUT2D eigenvalue weighted by Gasteiger charge is -2.21. The van der Waals surface area contributed by atoms with Crippen LogP contribution in [0.5, 0.6) is 0 Å². The van der Waals surface area contributed by atoms with Crippen molar-refractivity contribution in [2.24, 2.45) is 0 Å². The number of fused-ring (bicyclic) bond motifs is 1. The van der Waals surface area contributed by atoms with Crippen LogP contribution in [0.1, 0.15) is 56.6 Å². The van der Waals surface area contributed by atoms with Gasteiger partial charge in [-0.3, -0.25) is 4.79 Å². The van der Waals surface area contributed by atoms with E-state index in [9.17, 15) is 4.79 Å². The second-order valence-electron chi connectivity index (χ2n) is 5.32. The van der Waals surface area contributed by atoms with Gasteiger partial charge in [-0.15, -0.1) is 22.7 Å². The van der Waals surface area contributed by atoms with E-state index in [-0.39, 0.29) is 5.91 Å². The lowest BCUT2D eigenvalue weighted by molar-refractivity contribution is 0.0953. The van der Waals surface area contributed by atoms with E-state index in [1.54, 1.807) is 16.8 Å². The van der Waals surface area contributed by atoms with Crippen LogP contribution < -0.4 is 5.32 Å². The number of hydrogen-bond donors (Lipinski definition) is 1. The molecule has 2 aromatic heterocycles. The van der Waals surface area contributed by atoms with Crippen molar-refractivity contribution < 1.29 is 4.79 Å². The number of thiazole rings is 2. The van der Waals surface area contributed by atoms with Crippen molar-refractivity contribution in [2.45, 2.75) is 45.4 Å². The van der Waals surface area contributed by atoms with Crippen molar-refractivity contribution in [3.05, 3.63) is 31.7 Å². The average molecular weight is 321 g/mol. The van der Waals surface area contributed by atoms with Crippen LogP contribution in [0.15, 0.2) is 5.51 Å². The van der Waals surface area contributed by atoms with Gasteiger partial charge in [0, 0.05) is 17.3 Å². The number of hydrogen-bond acceptors (Lipinski definition) is 5. The third-order valence-electron chi connectivity index (χ3n) is 3.87. The van der Waals surface area contributed by atoms with Crippen molar-refractivity contribution >= 4 is 28.6 Å². The topological polar surface area (TPSA) is 54.9 Å². The summed E-state index contributed by atoms with van der Waals surface area (Å²) in [5.41, 5.74) is 3.85. The predicted molar refractivity (Wildman–Crippen MR) is 86.4 cm³/mol. The number of amides is 1. The lowest BCUT2D eigenvalue weighted by atomic mass is 9.91. The number of nitrogens with zero attached hydrogens (tertiary/aromatic N) is 2. The lowest BCUT2D eigenvalue weighted by Crippen LogP contribution is -2.30. The van der Waals surface area contributed by atoms with Crippen LogP contribution in [0.4, 0.5) is 0 Å². The molecule has 1 N–H and O–H groups in total. The summed E-state index contributed by atoms with van der Waals surface area (Å²) in [6.07, 6.45) is 4.24. The van der Waals surface area contributed by atoms with Gasteiger partial charge in [0.1, 0.15) is 4.88 Å². The molecule has 0 radical (unpaired) electrons. The molecule has 6 heteroatoms. The summed E-state index contributed by atoms with van der Waals surface area (Å²) in [7, 11) is 0. The van der Waals surface area contributed by atoms with Crippen LogP contribution in [0.25, 0.3) is 0 Å². The van der Waals surface area contributed by atoms with Gasteiger partial charge in [-0.25, -0.2) is 9.97 Å². The minimum absolute atomic E-state index is 0.00780. The van der Waals surface area contributed by atoms with Crippen LogP contribution >= 0.6 is 22.7 Å². The van der Waals surface area contributed by atoms with E-state index >= 15 is 0 Å². The molecule has 1 aliphatic rings. The number of carbonyl (C=O) groups excluding carboxylic acids is 1. The van der Waals surface area contributed by atoms with Gasteiger partial charge in [-0.2, -0.15) is 0 Å². The van der Waals surface area contributed by atoms with E-state index in [0.29, 0.717) is 12.5 Å². The Bertz CT molecular complexity index is 647. The van der Waals surface area contributed by atoms with E-state index in [2.05, 4.69) is 22.2 Å². The second-order valence-corrected chi connectivity index (χ2v) is 7.46. The van der Waals surface area contributed by atoms with Gasteiger partial charge in [0.15, 0.2) is 0 Å². The molecule has 0 unspecified atom stereocenters. The van der Waals surface area contributed by atoms with E-state index in [1.807, 2.05) is 6.92 Å². The number of carbonyl (C=O) groups is 1. The summed E-state index contributed by atoms with van der Waals surface area (Å²) in [5, 5.41) is 4.21. The molecule has 3 rings (SSSR count). The Morgan fingerprint density at radius 1 is 1.52 bits per heavy atom. The highest BCUT2D eigenvalue weighted by Crippen LogP contribution is 2.34. The average Bonchev–Trinajstić information content (AvgIpc) is 3.09. The summed E-state index contributed by atoms with van der Waals surface area (Å²) >= 11 is 3.22. The van der Waals surface area contributed by atoms with Crippen molar-refractivity contribution in [2.75, 3.05) is 6.54 Å². The molecule has 112 valence electrons. The molecule has 0 saturated carbocycles. The van der Waals surface area contributed by atoms with Crippen LogP contribution in [0.3, 0.4) is 0 Å². The smallest absolute Gasteiger partial charge is 0.263 e. The fraction of sp³-hybridized carbons (Fsp3) is 0.533. The molecule has 0 spiro atoms. The van der Waals surface area contributed by atoms with Gasteiger partial charge < -0.3 is 5.32 Å². The zero-order chi connectivity index (χ0) is 14.8.